The van der Waals surface area contributed by atoms with Gasteiger partial charge in [-0.2, -0.15) is 9.37 Å². The topological polar surface area (TPSA) is 29.0 Å². The largest absolute Gasteiger partial charge is 0.348 e. The molecule has 0 radical (unpaired) electrons. The summed E-state index contributed by atoms with van der Waals surface area (Å²) < 4.78 is 39.6. The van der Waals surface area contributed by atoms with Gasteiger partial charge < -0.3 is 4.90 Å². The van der Waals surface area contributed by atoms with Crippen molar-refractivity contribution in [2.45, 2.75) is 13.5 Å². The molecular formula is C13H12F3N3. The van der Waals surface area contributed by atoms with E-state index in [4.69, 9.17) is 0 Å². The van der Waals surface area contributed by atoms with E-state index in [-0.39, 0.29) is 12.4 Å². The number of hydrogen-bond acceptors (Lipinski definition) is 3. The molecule has 0 saturated heterocycles. The summed E-state index contributed by atoms with van der Waals surface area (Å²) in [6.07, 6.45) is 1.61. The van der Waals surface area contributed by atoms with Gasteiger partial charge in [0.05, 0.1) is 12.2 Å². The Morgan fingerprint density at radius 2 is 1.95 bits per heavy atom. The molecule has 0 aliphatic heterocycles. The highest BCUT2D eigenvalue weighted by atomic mass is 19.2. The van der Waals surface area contributed by atoms with Gasteiger partial charge in [-0.1, -0.05) is 6.07 Å². The fraction of sp³-hybridized carbons (Fsp3) is 0.231. The molecule has 2 heterocycles. The number of pyridine rings is 2. The molecule has 0 saturated carbocycles. The predicted molar refractivity (Wildman–Crippen MR) is 65.1 cm³/mol. The Bertz CT molecular complexity index is 561. The van der Waals surface area contributed by atoms with E-state index in [2.05, 4.69) is 9.97 Å². The molecule has 0 amide bonds. The first-order valence-corrected chi connectivity index (χ1v) is 5.78. The zero-order valence-corrected chi connectivity index (χ0v) is 10.3. The van der Waals surface area contributed by atoms with E-state index in [1.165, 1.54) is 4.90 Å². The standard InChI is InChI=1S/C13H12F3N3/c1-2-19(8-9-5-3-4-6-17-9)13-11(15)7-10(14)12(16)18-13/h3-7H,2,8H2,1H3. The Morgan fingerprint density at radius 1 is 1.16 bits per heavy atom. The van der Waals surface area contributed by atoms with Gasteiger partial charge in [0.15, 0.2) is 17.5 Å². The van der Waals surface area contributed by atoms with Crippen LogP contribution in [0.5, 0.6) is 0 Å². The minimum Gasteiger partial charge on any atom is -0.348 e. The average molecular weight is 267 g/mol. The van der Waals surface area contributed by atoms with E-state index in [1.807, 2.05) is 0 Å². The molecule has 0 spiro atoms. The summed E-state index contributed by atoms with van der Waals surface area (Å²) in [6, 6.07) is 5.82. The van der Waals surface area contributed by atoms with Crippen molar-refractivity contribution in [3.8, 4) is 0 Å². The van der Waals surface area contributed by atoms with Crippen LogP contribution in [0.15, 0.2) is 30.5 Å². The first-order valence-electron chi connectivity index (χ1n) is 5.78. The molecule has 0 unspecified atom stereocenters. The maximum Gasteiger partial charge on any atom is 0.251 e. The monoisotopic (exact) mass is 267 g/mol. The van der Waals surface area contributed by atoms with Crippen molar-refractivity contribution in [3.63, 3.8) is 0 Å². The molecule has 0 aliphatic carbocycles. The number of nitrogens with zero attached hydrogens (tertiary/aromatic N) is 3. The first-order chi connectivity index (χ1) is 9.11. The van der Waals surface area contributed by atoms with Crippen LogP contribution in [0.3, 0.4) is 0 Å². The van der Waals surface area contributed by atoms with Crippen molar-refractivity contribution in [1.82, 2.24) is 9.97 Å². The van der Waals surface area contributed by atoms with Gasteiger partial charge in [0.25, 0.3) is 5.95 Å². The summed E-state index contributed by atoms with van der Waals surface area (Å²) >= 11 is 0. The molecule has 2 aromatic heterocycles. The quantitative estimate of drug-likeness (QED) is 0.797. The number of aromatic nitrogens is 2. The van der Waals surface area contributed by atoms with Gasteiger partial charge in [0.1, 0.15) is 0 Å². The van der Waals surface area contributed by atoms with Gasteiger partial charge in [-0.15, -0.1) is 0 Å². The Labute approximate surface area is 108 Å². The second-order valence-electron chi connectivity index (χ2n) is 3.90. The van der Waals surface area contributed by atoms with Crippen molar-refractivity contribution in [1.29, 1.82) is 0 Å². The van der Waals surface area contributed by atoms with E-state index >= 15 is 0 Å². The van der Waals surface area contributed by atoms with Gasteiger partial charge in [-0.25, -0.2) is 8.78 Å². The third-order valence-electron chi connectivity index (χ3n) is 2.63. The Hall–Kier alpha value is -2.11. The van der Waals surface area contributed by atoms with Gasteiger partial charge in [-0.3, -0.25) is 4.98 Å². The van der Waals surface area contributed by atoms with Crippen molar-refractivity contribution in [3.05, 3.63) is 53.7 Å². The van der Waals surface area contributed by atoms with E-state index in [1.54, 1.807) is 31.3 Å². The summed E-state index contributed by atoms with van der Waals surface area (Å²) in [5, 5.41) is 0. The molecule has 0 aliphatic rings. The highest BCUT2D eigenvalue weighted by Gasteiger charge is 2.17. The van der Waals surface area contributed by atoms with Crippen LogP contribution in [0.1, 0.15) is 12.6 Å². The number of anilines is 1. The van der Waals surface area contributed by atoms with Crippen LogP contribution in [0, 0.1) is 17.6 Å². The normalized spacial score (nSPS) is 10.5. The highest BCUT2D eigenvalue weighted by molar-refractivity contribution is 5.40. The number of rotatable bonds is 4. The molecule has 0 aromatic carbocycles. The number of hydrogen-bond donors (Lipinski definition) is 0. The fourth-order valence-corrected chi connectivity index (χ4v) is 1.68. The third-order valence-corrected chi connectivity index (χ3v) is 2.63. The molecule has 0 bridgehead atoms. The van der Waals surface area contributed by atoms with Crippen molar-refractivity contribution in [2.24, 2.45) is 0 Å². The second-order valence-corrected chi connectivity index (χ2v) is 3.90. The van der Waals surface area contributed by atoms with Crippen LogP contribution in [0.25, 0.3) is 0 Å². The van der Waals surface area contributed by atoms with E-state index < -0.39 is 17.6 Å². The lowest BCUT2D eigenvalue weighted by atomic mass is 10.3. The SMILES string of the molecule is CCN(Cc1ccccn1)c1nc(F)c(F)cc1F. The van der Waals surface area contributed by atoms with Gasteiger partial charge in [0.2, 0.25) is 0 Å². The lowest BCUT2D eigenvalue weighted by molar-refractivity contribution is 0.462. The minimum absolute atomic E-state index is 0.216. The molecule has 6 heteroatoms. The zero-order chi connectivity index (χ0) is 13.8. The summed E-state index contributed by atoms with van der Waals surface area (Å²) in [4.78, 5) is 8.91. The summed E-state index contributed by atoms with van der Waals surface area (Å²) in [5.74, 6) is -3.71. The second kappa shape index (κ2) is 5.69. The van der Waals surface area contributed by atoms with Gasteiger partial charge in [-0.05, 0) is 19.1 Å². The molecular weight excluding hydrogens is 255 g/mol. The predicted octanol–water partition coefficient (Wildman–Crippen LogP) is 2.92. The summed E-state index contributed by atoms with van der Waals surface area (Å²) in [6.45, 7) is 2.43. The van der Waals surface area contributed by atoms with Crippen LogP contribution in [0.4, 0.5) is 19.0 Å². The molecule has 0 N–H and O–H groups in total. The summed E-state index contributed by atoms with van der Waals surface area (Å²) in [7, 11) is 0. The van der Waals surface area contributed by atoms with Crippen molar-refractivity contribution < 1.29 is 13.2 Å². The van der Waals surface area contributed by atoms with Crippen LogP contribution in [-0.4, -0.2) is 16.5 Å². The molecule has 2 aromatic rings. The average Bonchev–Trinajstić information content (AvgIpc) is 2.42. The zero-order valence-electron chi connectivity index (χ0n) is 10.3. The fourth-order valence-electron chi connectivity index (χ4n) is 1.68. The lowest BCUT2D eigenvalue weighted by Gasteiger charge is -2.21. The van der Waals surface area contributed by atoms with E-state index in [0.29, 0.717) is 18.3 Å². The summed E-state index contributed by atoms with van der Waals surface area (Å²) in [5.41, 5.74) is 0.690. The van der Waals surface area contributed by atoms with Crippen molar-refractivity contribution >= 4 is 5.82 Å². The number of halogens is 3. The van der Waals surface area contributed by atoms with Gasteiger partial charge in [0, 0.05) is 18.8 Å². The molecule has 0 fully saturated rings. The van der Waals surface area contributed by atoms with Gasteiger partial charge >= 0.3 is 0 Å². The Kier molecular flexibility index (Phi) is 3.99. The molecule has 0 atom stereocenters. The Morgan fingerprint density at radius 3 is 2.58 bits per heavy atom. The molecule has 2 rings (SSSR count). The van der Waals surface area contributed by atoms with Crippen LogP contribution >= 0.6 is 0 Å². The van der Waals surface area contributed by atoms with Crippen molar-refractivity contribution in [2.75, 3.05) is 11.4 Å². The highest BCUT2D eigenvalue weighted by Crippen LogP contribution is 2.20. The van der Waals surface area contributed by atoms with Crippen LogP contribution in [0.2, 0.25) is 0 Å². The van der Waals surface area contributed by atoms with E-state index in [0.717, 1.165) is 0 Å². The van der Waals surface area contributed by atoms with Crippen LogP contribution in [-0.2, 0) is 6.54 Å². The maximum atomic E-state index is 13.6. The Balaban J connectivity index is 2.30. The molecule has 100 valence electrons. The third kappa shape index (κ3) is 3.01. The molecule has 3 nitrogen and oxygen atoms in total. The van der Waals surface area contributed by atoms with Crippen LogP contribution < -0.4 is 4.90 Å². The lowest BCUT2D eigenvalue weighted by Crippen LogP contribution is -2.25. The minimum atomic E-state index is -1.31. The maximum absolute atomic E-state index is 13.6. The molecule has 19 heavy (non-hydrogen) atoms. The smallest absolute Gasteiger partial charge is 0.251 e. The van der Waals surface area contributed by atoms with E-state index in [9.17, 15) is 13.2 Å². The first kappa shape index (κ1) is 13.3.